The van der Waals surface area contributed by atoms with Crippen LogP contribution in [0.5, 0.6) is 0 Å². The first-order valence-electron chi connectivity index (χ1n) is 15.3. The molecule has 1 aliphatic heterocycles. The van der Waals surface area contributed by atoms with Gasteiger partial charge in [0.15, 0.2) is 0 Å². The number of hydrogen-bond acceptors (Lipinski definition) is 3. The lowest BCUT2D eigenvalue weighted by molar-refractivity contribution is -0.143. The van der Waals surface area contributed by atoms with E-state index in [1.54, 1.807) is 12.2 Å². The summed E-state index contributed by atoms with van der Waals surface area (Å²) < 4.78 is 102. The summed E-state index contributed by atoms with van der Waals surface area (Å²) in [7, 11) is 1.29. The molecule has 2 aromatic rings. The molecule has 48 heavy (non-hydrogen) atoms. The zero-order valence-electron chi connectivity index (χ0n) is 26.7. The van der Waals surface area contributed by atoms with E-state index in [-0.39, 0.29) is 37.4 Å². The van der Waals surface area contributed by atoms with E-state index in [9.17, 15) is 40.3 Å². The molecule has 2 aromatic carbocycles. The molecule has 0 saturated carbocycles. The molecule has 3 amide bonds. The Morgan fingerprint density at radius 3 is 2.25 bits per heavy atom. The van der Waals surface area contributed by atoms with E-state index in [1.807, 2.05) is 37.3 Å². The maximum absolute atomic E-state index is 14.9. The number of allylic oxidation sites excluding steroid dienone is 3. The molecular formula is C35H38F7N3O3. The third-order valence-corrected chi connectivity index (χ3v) is 9.38. The number of hydrogen-bond donors (Lipinski definition) is 1. The highest BCUT2D eigenvalue weighted by molar-refractivity contribution is 5.75. The van der Waals surface area contributed by atoms with Crippen molar-refractivity contribution in [2.24, 2.45) is 17.1 Å². The van der Waals surface area contributed by atoms with Gasteiger partial charge in [-0.3, -0.25) is 0 Å². The lowest BCUT2D eigenvalue weighted by atomic mass is 9.64. The van der Waals surface area contributed by atoms with Crippen LogP contribution in [0.3, 0.4) is 0 Å². The van der Waals surface area contributed by atoms with Gasteiger partial charge in [-0.1, -0.05) is 49.4 Å². The molecule has 1 aliphatic carbocycles. The fourth-order valence-corrected chi connectivity index (χ4v) is 6.90. The van der Waals surface area contributed by atoms with Crippen molar-refractivity contribution < 1.29 is 45.1 Å². The van der Waals surface area contributed by atoms with Crippen molar-refractivity contribution in [1.82, 2.24) is 9.80 Å². The second-order valence-corrected chi connectivity index (χ2v) is 12.8. The first kappa shape index (κ1) is 36.5. The van der Waals surface area contributed by atoms with Crippen molar-refractivity contribution in [2.45, 2.75) is 69.6 Å². The van der Waals surface area contributed by atoms with Gasteiger partial charge in [-0.05, 0) is 54.8 Å². The smallest absolute Gasteiger partial charge is 0.416 e. The molecule has 2 N–H and O–H groups in total. The normalized spacial score (nSPS) is 25.2. The monoisotopic (exact) mass is 681 g/mol. The van der Waals surface area contributed by atoms with E-state index < -0.39 is 70.4 Å². The Hall–Kier alpha value is -4.29. The first-order valence-corrected chi connectivity index (χ1v) is 15.3. The third kappa shape index (κ3) is 8.04. The van der Waals surface area contributed by atoms with Crippen LogP contribution in [0, 0.1) is 11.3 Å². The Kier molecular flexibility index (Phi) is 10.4. The summed E-state index contributed by atoms with van der Waals surface area (Å²) >= 11 is 0. The van der Waals surface area contributed by atoms with Gasteiger partial charge in [-0.15, -0.1) is 6.58 Å². The number of alkyl halides is 6. The molecule has 4 rings (SSSR count). The Morgan fingerprint density at radius 1 is 1.10 bits per heavy atom. The molecule has 0 aromatic heterocycles. The van der Waals surface area contributed by atoms with Crippen LogP contribution in [0.15, 0.2) is 85.2 Å². The Bertz CT molecular complexity index is 1540. The quantitative estimate of drug-likeness (QED) is 0.223. The average molecular weight is 682 g/mol. The van der Waals surface area contributed by atoms with Gasteiger partial charge in [-0.2, -0.15) is 26.3 Å². The predicted molar refractivity (Wildman–Crippen MR) is 166 cm³/mol. The van der Waals surface area contributed by atoms with Crippen LogP contribution in [0.1, 0.15) is 61.4 Å². The molecule has 5 atom stereocenters. The number of amides is 3. The molecular weight excluding hydrogens is 643 g/mol. The van der Waals surface area contributed by atoms with E-state index >= 15 is 0 Å². The highest BCUT2D eigenvalue weighted by Gasteiger charge is 2.51. The summed E-state index contributed by atoms with van der Waals surface area (Å²) in [5.41, 5.74) is 0.893. The Balaban J connectivity index is 1.77. The zero-order chi connectivity index (χ0) is 35.7. The number of benzene rings is 2. The van der Waals surface area contributed by atoms with E-state index in [2.05, 4.69) is 6.58 Å². The molecule has 260 valence electrons. The molecule has 0 bridgehead atoms. The highest BCUT2D eigenvalue weighted by Crippen LogP contribution is 2.47. The van der Waals surface area contributed by atoms with E-state index in [1.165, 1.54) is 31.0 Å². The van der Waals surface area contributed by atoms with Gasteiger partial charge in [0.1, 0.15) is 11.4 Å². The maximum atomic E-state index is 14.9. The molecule has 0 radical (unpaired) electrons. The largest absolute Gasteiger partial charge is 0.443 e. The first-order chi connectivity index (χ1) is 22.3. The van der Waals surface area contributed by atoms with Crippen molar-refractivity contribution in [2.75, 3.05) is 13.6 Å². The van der Waals surface area contributed by atoms with Crippen LogP contribution in [0.25, 0.3) is 0 Å². The van der Waals surface area contributed by atoms with Gasteiger partial charge in [0.05, 0.1) is 17.2 Å². The number of primary amides is 1. The Morgan fingerprint density at radius 2 is 1.71 bits per heavy atom. The summed E-state index contributed by atoms with van der Waals surface area (Å²) in [4.78, 5) is 28.9. The number of nitrogens with zero attached hydrogens (tertiary/aromatic N) is 2. The van der Waals surface area contributed by atoms with Gasteiger partial charge in [0.25, 0.3) is 0 Å². The number of carbonyl (C=O) groups excluding carboxylic acids is 2. The van der Waals surface area contributed by atoms with Crippen LogP contribution in [-0.4, -0.2) is 47.2 Å². The zero-order valence-corrected chi connectivity index (χ0v) is 26.7. The summed E-state index contributed by atoms with van der Waals surface area (Å²) in [5.74, 6) is -1.06. The number of ether oxygens (including phenoxy) is 1. The number of nitrogens with two attached hydrogens (primary N) is 1. The van der Waals surface area contributed by atoms with Gasteiger partial charge >= 0.3 is 24.5 Å². The molecule has 1 saturated heterocycles. The minimum Gasteiger partial charge on any atom is -0.443 e. The number of carbonyl (C=O) groups is 2. The van der Waals surface area contributed by atoms with E-state index in [4.69, 9.17) is 10.5 Å². The second-order valence-electron chi connectivity index (χ2n) is 12.8. The summed E-state index contributed by atoms with van der Waals surface area (Å²) in [6.07, 6.45) is -4.51. The molecule has 1 fully saturated rings. The van der Waals surface area contributed by atoms with Crippen LogP contribution in [0.2, 0.25) is 0 Å². The average Bonchev–Trinajstić information content (AvgIpc) is 2.99. The summed E-state index contributed by atoms with van der Waals surface area (Å²) in [5, 5.41) is 0. The van der Waals surface area contributed by atoms with E-state index in [0.29, 0.717) is 18.6 Å². The molecule has 2 aliphatic rings. The number of halogens is 7. The SMILES string of the molecule is C=CC[C@]1(OC(N)=O)CCN(C(=O)N(C)[C@H](C)c2cc(C(F)(F)F)cc(C(F)(F)F)c2)[C@@H](C2C=CC(F)=CC2(C)Cc2ccccc2)C1. The fourth-order valence-electron chi connectivity index (χ4n) is 6.90. The number of piperidine rings is 1. The topological polar surface area (TPSA) is 75.9 Å². The number of likely N-dealkylation sites (tertiary alicyclic amines) is 1. The lowest BCUT2D eigenvalue weighted by Gasteiger charge is -2.52. The van der Waals surface area contributed by atoms with Crippen LogP contribution in [-0.2, 0) is 23.5 Å². The van der Waals surface area contributed by atoms with Crippen LogP contribution in [0.4, 0.5) is 40.3 Å². The summed E-state index contributed by atoms with van der Waals surface area (Å²) in [6.45, 7) is 6.93. The number of urea groups is 1. The molecule has 2 unspecified atom stereocenters. The van der Waals surface area contributed by atoms with Crippen molar-refractivity contribution in [1.29, 1.82) is 0 Å². The minimum atomic E-state index is -5.06. The predicted octanol–water partition coefficient (Wildman–Crippen LogP) is 9.00. The Labute approximate surface area is 274 Å². The standard InChI is InChI=1S/C35H38F7N3O3/c1-5-13-33(48-30(43)46)14-15-45(29(21-33)28-12-11-27(36)20-32(28,3)19-23-9-7-6-8-10-23)31(47)44(4)22(2)24-16-25(34(37,38)39)18-26(17-24)35(40,41)42/h5-12,16-18,20,22,28-29H,1,13-15,19,21H2,2-4H3,(H2,43,46)/t22-,28?,29-,32?,33+/m1/s1. The lowest BCUT2D eigenvalue weighted by Crippen LogP contribution is -2.61. The highest BCUT2D eigenvalue weighted by atomic mass is 19.4. The summed E-state index contributed by atoms with van der Waals surface area (Å²) in [6, 6.07) is 7.83. The van der Waals surface area contributed by atoms with Crippen molar-refractivity contribution in [3.05, 3.63) is 107 Å². The second kappa shape index (κ2) is 13.7. The molecule has 0 spiro atoms. The minimum absolute atomic E-state index is 0.0178. The third-order valence-electron chi connectivity index (χ3n) is 9.38. The number of rotatable bonds is 8. The molecule has 13 heteroatoms. The van der Waals surface area contributed by atoms with Crippen molar-refractivity contribution in [3.63, 3.8) is 0 Å². The molecule has 6 nitrogen and oxygen atoms in total. The molecule has 1 heterocycles. The fraction of sp³-hybridized carbons (Fsp3) is 0.429. The van der Waals surface area contributed by atoms with Gasteiger partial charge < -0.3 is 20.3 Å². The van der Waals surface area contributed by atoms with Gasteiger partial charge in [0.2, 0.25) is 0 Å². The van der Waals surface area contributed by atoms with Gasteiger partial charge in [0, 0.05) is 50.2 Å². The van der Waals surface area contributed by atoms with Crippen molar-refractivity contribution in [3.8, 4) is 0 Å². The van der Waals surface area contributed by atoms with Gasteiger partial charge in [-0.25, -0.2) is 14.0 Å². The van der Waals surface area contributed by atoms with E-state index in [0.717, 1.165) is 10.5 Å². The van der Waals surface area contributed by atoms with Crippen molar-refractivity contribution >= 4 is 12.1 Å². The maximum Gasteiger partial charge on any atom is 0.416 e. The van der Waals surface area contributed by atoms with Crippen LogP contribution < -0.4 is 5.73 Å². The van der Waals surface area contributed by atoms with Crippen LogP contribution >= 0.6 is 0 Å².